The molecule has 0 amide bonds. The van der Waals surface area contributed by atoms with Crippen molar-refractivity contribution in [2.45, 2.75) is 65.0 Å². The monoisotopic (exact) mass is 331 g/mol. The van der Waals surface area contributed by atoms with Crippen LogP contribution in [0.1, 0.15) is 59.8 Å². The minimum atomic E-state index is -4.77. The van der Waals surface area contributed by atoms with Gasteiger partial charge in [0.1, 0.15) is 0 Å². The molecule has 0 bridgehead atoms. The van der Waals surface area contributed by atoms with Gasteiger partial charge in [-0.3, -0.25) is 0 Å². The van der Waals surface area contributed by atoms with Crippen molar-refractivity contribution in [2.75, 3.05) is 0 Å². The van der Waals surface area contributed by atoms with Crippen LogP contribution in [0.4, 0.5) is 0 Å². The third-order valence-electron chi connectivity index (χ3n) is 3.47. The molecule has 1 N–H and O–H groups in total. The van der Waals surface area contributed by atoms with Gasteiger partial charge in [-0.2, -0.15) is 0 Å². The number of allylic oxidation sites excluding steroid dienone is 2. The number of hydrogen-bond donors (Lipinski definition) is 1. The summed E-state index contributed by atoms with van der Waals surface area (Å²) in [5, 5.41) is 8.27. The summed E-state index contributed by atoms with van der Waals surface area (Å²) in [6.07, 6.45) is 2.56. The SMILES string of the molecule is CCCCC(=C(C)O)C(CC)(CC)P(=O)([O-])[O-].[Na+].[Na+].[Na+]. The van der Waals surface area contributed by atoms with E-state index in [2.05, 4.69) is 0 Å². The van der Waals surface area contributed by atoms with Gasteiger partial charge >= 0.3 is 88.7 Å². The predicted octanol–water partition coefficient (Wildman–Crippen LogP) is -6.51. The fourth-order valence-corrected chi connectivity index (χ4v) is 3.71. The molecule has 0 saturated carbocycles. The normalized spacial score (nSPS) is 12.5. The summed E-state index contributed by atoms with van der Waals surface area (Å²) in [5.74, 6) is -0.0194. The van der Waals surface area contributed by atoms with Gasteiger partial charge in [0.25, 0.3) is 0 Å². The summed E-state index contributed by atoms with van der Waals surface area (Å²) in [4.78, 5) is 23.1. The van der Waals surface area contributed by atoms with Gasteiger partial charge in [-0.05, 0) is 38.2 Å². The third kappa shape index (κ3) is 7.99. The van der Waals surface area contributed by atoms with E-state index < -0.39 is 12.8 Å². The van der Waals surface area contributed by atoms with Crippen molar-refractivity contribution in [1.82, 2.24) is 0 Å². The van der Waals surface area contributed by atoms with Crippen molar-refractivity contribution in [3.05, 3.63) is 11.3 Å². The molecule has 0 radical (unpaired) electrons. The summed E-state index contributed by atoms with van der Waals surface area (Å²) in [6.45, 7) is 6.81. The van der Waals surface area contributed by atoms with Gasteiger partial charge in [0.05, 0.1) is 5.76 Å². The average Bonchev–Trinajstić information content (AvgIpc) is 2.22. The zero-order valence-corrected chi connectivity index (χ0v) is 21.0. The van der Waals surface area contributed by atoms with E-state index in [-0.39, 0.29) is 107 Å². The van der Waals surface area contributed by atoms with Gasteiger partial charge in [-0.1, -0.05) is 34.8 Å². The van der Waals surface area contributed by atoms with Gasteiger partial charge in [0.2, 0.25) is 0 Å². The van der Waals surface area contributed by atoms with Crippen LogP contribution in [-0.2, 0) is 4.57 Å². The third-order valence-corrected chi connectivity index (χ3v) is 5.42. The van der Waals surface area contributed by atoms with Gasteiger partial charge < -0.3 is 19.5 Å². The van der Waals surface area contributed by atoms with Crippen LogP contribution in [0.5, 0.6) is 0 Å². The Hall–Kier alpha value is 2.69. The molecule has 4 nitrogen and oxygen atoms in total. The molecule has 0 aromatic heterocycles. The first-order chi connectivity index (χ1) is 7.76. The van der Waals surface area contributed by atoms with E-state index in [0.29, 0.717) is 12.0 Å². The van der Waals surface area contributed by atoms with Crippen LogP contribution < -0.4 is 98.5 Å². The van der Waals surface area contributed by atoms with E-state index in [1.807, 2.05) is 6.92 Å². The van der Waals surface area contributed by atoms with Gasteiger partial charge in [-0.15, -0.1) is 0 Å². The maximum absolute atomic E-state index is 11.6. The van der Waals surface area contributed by atoms with E-state index in [9.17, 15) is 19.5 Å². The molecule has 0 fully saturated rings. The molecule has 0 rings (SSSR count). The van der Waals surface area contributed by atoms with Crippen molar-refractivity contribution in [2.24, 2.45) is 0 Å². The molecular formula is C12H23Na3O4P+. The Morgan fingerprint density at radius 2 is 1.50 bits per heavy atom. The fraction of sp³-hybridized carbons (Fsp3) is 0.833. The maximum atomic E-state index is 11.6. The Bertz CT molecular complexity index is 321. The summed E-state index contributed by atoms with van der Waals surface area (Å²) in [5.41, 5.74) is 0.401. The molecular weight excluding hydrogens is 308 g/mol. The smallest absolute Gasteiger partial charge is 0.810 e. The first-order valence-electron chi connectivity index (χ1n) is 6.18. The van der Waals surface area contributed by atoms with Crippen molar-refractivity contribution in [3.8, 4) is 0 Å². The number of hydrogen-bond acceptors (Lipinski definition) is 4. The zero-order chi connectivity index (χ0) is 13.7. The summed E-state index contributed by atoms with van der Waals surface area (Å²) >= 11 is 0. The Labute approximate surface area is 189 Å². The summed E-state index contributed by atoms with van der Waals surface area (Å²) in [7, 11) is -4.77. The van der Waals surface area contributed by atoms with Crippen LogP contribution in [0.2, 0.25) is 0 Å². The topological polar surface area (TPSA) is 83.4 Å². The number of rotatable bonds is 7. The van der Waals surface area contributed by atoms with Crippen LogP contribution in [0, 0.1) is 0 Å². The molecule has 0 spiro atoms. The number of aliphatic hydroxyl groups is 1. The second-order valence-electron chi connectivity index (χ2n) is 4.40. The van der Waals surface area contributed by atoms with E-state index in [1.54, 1.807) is 13.8 Å². The molecule has 0 unspecified atom stereocenters. The molecule has 102 valence electrons. The van der Waals surface area contributed by atoms with E-state index >= 15 is 0 Å². The van der Waals surface area contributed by atoms with E-state index in [0.717, 1.165) is 12.8 Å². The minimum Gasteiger partial charge on any atom is -0.810 e. The number of unbranched alkanes of at least 4 members (excludes halogenated alkanes) is 1. The number of aliphatic hydroxyl groups excluding tert-OH is 1. The van der Waals surface area contributed by atoms with Crippen molar-refractivity contribution >= 4 is 7.60 Å². The van der Waals surface area contributed by atoms with E-state index in [1.165, 1.54) is 6.92 Å². The van der Waals surface area contributed by atoms with Crippen LogP contribution >= 0.6 is 7.60 Å². The average molecular weight is 331 g/mol. The second-order valence-corrected chi connectivity index (χ2v) is 6.25. The standard InChI is InChI=1S/C12H25O4P.3Na/c1-5-8-9-11(10(4)13)12(6-2,7-3)17(14,15)16;;;/h13H,5-9H2,1-4H3,(H2,14,15,16);;;/q;3*+1/p-2. The van der Waals surface area contributed by atoms with Gasteiger partial charge in [0, 0.05) is 5.16 Å². The van der Waals surface area contributed by atoms with Crippen LogP contribution in [0.25, 0.3) is 0 Å². The van der Waals surface area contributed by atoms with Gasteiger partial charge in [-0.25, -0.2) is 0 Å². The molecule has 0 saturated heterocycles. The predicted molar refractivity (Wildman–Crippen MR) is 65.8 cm³/mol. The van der Waals surface area contributed by atoms with Crippen LogP contribution in [-0.4, -0.2) is 10.3 Å². The van der Waals surface area contributed by atoms with Gasteiger partial charge in [0.15, 0.2) is 0 Å². The summed E-state index contributed by atoms with van der Waals surface area (Å²) < 4.78 is 11.6. The second kappa shape index (κ2) is 14.1. The molecule has 0 aliphatic carbocycles. The molecule has 0 aliphatic heterocycles. The molecule has 0 heterocycles. The van der Waals surface area contributed by atoms with Crippen molar-refractivity contribution in [1.29, 1.82) is 0 Å². The molecule has 0 aliphatic rings. The van der Waals surface area contributed by atoms with E-state index in [4.69, 9.17) is 0 Å². The summed E-state index contributed by atoms with van der Waals surface area (Å²) in [6, 6.07) is 0. The largest absolute Gasteiger partial charge is 1.00 e. The van der Waals surface area contributed by atoms with Crippen molar-refractivity contribution < 1.29 is 108 Å². The Kier molecular flexibility index (Phi) is 21.5. The zero-order valence-electron chi connectivity index (χ0n) is 14.2. The minimum absolute atomic E-state index is 0. The van der Waals surface area contributed by atoms with Crippen molar-refractivity contribution in [3.63, 3.8) is 0 Å². The molecule has 0 atom stereocenters. The molecule has 0 aromatic rings. The Morgan fingerprint density at radius 3 is 1.70 bits per heavy atom. The molecule has 20 heavy (non-hydrogen) atoms. The van der Waals surface area contributed by atoms with Crippen LogP contribution in [0.15, 0.2) is 11.3 Å². The Morgan fingerprint density at radius 1 is 1.10 bits per heavy atom. The Balaban J connectivity index is -0.000000427. The van der Waals surface area contributed by atoms with Crippen LogP contribution in [0.3, 0.4) is 0 Å². The first-order valence-corrected chi connectivity index (χ1v) is 7.72. The quantitative estimate of drug-likeness (QED) is 0.286. The fourth-order valence-electron chi connectivity index (χ4n) is 2.33. The maximum Gasteiger partial charge on any atom is 1.00 e. The molecule has 0 aromatic carbocycles. The molecule has 8 heteroatoms. The first kappa shape index (κ1) is 30.6.